The zero-order valence-corrected chi connectivity index (χ0v) is 17.7. The average molecular weight is 392 g/mol. The van der Waals surface area contributed by atoms with Crippen LogP contribution in [0.1, 0.15) is 43.0 Å². The number of aryl methyl sites for hydroxylation is 2. The van der Waals surface area contributed by atoms with Crippen LogP contribution in [0, 0.1) is 19.8 Å². The molecule has 1 N–H and O–H groups in total. The molecule has 0 aromatic heterocycles. The van der Waals surface area contributed by atoms with Crippen LogP contribution in [0.3, 0.4) is 0 Å². The van der Waals surface area contributed by atoms with Gasteiger partial charge in [-0.05, 0) is 67.1 Å². The maximum atomic E-state index is 13.2. The summed E-state index contributed by atoms with van der Waals surface area (Å²) >= 11 is 0. The van der Waals surface area contributed by atoms with E-state index in [2.05, 4.69) is 18.6 Å². The van der Waals surface area contributed by atoms with Crippen molar-refractivity contribution in [1.82, 2.24) is 4.72 Å². The summed E-state index contributed by atoms with van der Waals surface area (Å²) in [7, 11) is -0.510. The van der Waals surface area contributed by atoms with Crippen LogP contribution >= 0.6 is 0 Å². The van der Waals surface area contributed by atoms with Crippen LogP contribution in [0.25, 0.3) is 0 Å². The molecule has 0 heterocycles. The number of ether oxygens (including phenoxy) is 2. The van der Waals surface area contributed by atoms with Crippen molar-refractivity contribution in [1.29, 1.82) is 0 Å². The van der Waals surface area contributed by atoms with E-state index >= 15 is 0 Å². The number of benzene rings is 2. The number of sulfonamides is 1. The van der Waals surface area contributed by atoms with Crippen molar-refractivity contribution in [2.45, 2.75) is 45.1 Å². The molecule has 0 amide bonds. The number of hydrogen-bond donors (Lipinski definition) is 1. The predicted molar refractivity (Wildman–Crippen MR) is 108 cm³/mol. The van der Waals surface area contributed by atoms with Gasteiger partial charge in [0.2, 0.25) is 10.0 Å². The van der Waals surface area contributed by atoms with Crippen molar-refractivity contribution in [2.75, 3.05) is 14.2 Å². The van der Waals surface area contributed by atoms with E-state index in [0.717, 1.165) is 11.3 Å². The van der Waals surface area contributed by atoms with Gasteiger partial charge in [0.25, 0.3) is 0 Å². The SMILES string of the molecule is COc1ccc([C@H](CC(C)C)NS(=O)(=O)c2c(C)cc(OC)cc2C)cc1. The van der Waals surface area contributed by atoms with Crippen LogP contribution in [-0.4, -0.2) is 22.6 Å². The fourth-order valence-corrected chi connectivity index (χ4v) is 4.95. The molecule has 2 rings (SSSR count). The van der Waals surface area contributed by atoms with Crippen LogP contribution in [0.15, 0.2) is 41.3 Å². The largest absolute Gasteiger partial charge is 0.497 e. The number of nitrogens with one attached hydrogen (secondary N) is 1. The van der Waals surface area contributed by atoms with Gasteiger partial charge in [-0.3, -0.25) is 0 Å². The summed E-state index contributed by atoms with van der Waals surface area (Å²) in [6.45, 7) is 7.73. The Balaban J connectivity index is 2.41. The Labute approximate surface area is 162 Å². The Hall–Kier alpha value is -2.05. The van der Waals surface area contributed by atoms with Gasteiger partial charge in [-0.25, -0.2) is 13.1 Å². The van der Waals surface area contributed by atoms with Crippen LogP contribution in [0.2, 0.25) is 0 Å². The molecule has 0 aliphatic carbocycles. The highest BCUT2D eigenvalue weighted by Gasteiger charge is 2.25. The molecule has 0 aliphatic heterocycles. The first-order valence-electron chi connectivity index (χ1n) is 8.99. The first-order chi connectivity index (χ1) is 12.7. The summed E-state index contributed by atoms with van der Waals surface area (Å²) in [4.78, 5) is 0.311. The van der Waals surface area contributed by atoms with Gasteiger partial charge < -0.3 is 9.47 Å². The second kappa shape index (κ2) is 8.76. The quantitative estimate of drug-likeness (QED) is 0.725. The molecule has 0 bridgehead atoms. The molecule has 0 spiro atoms. The molecule has 27 heavy (non-hydrogen) atoms. The summed E-state index contributed by atoms with van der Waals surface area (Å²) in [6, 6.07) is 10.7. The zero-order valence-electron chi connectivity index (χ0n) is 16.9. The van der Waals surface area contributed by atoms with Crippen molar-refractivity contribution in [3.05, 3.63) is 53.1 Å². The number of methoxy groups -OCH3 is 2. The molecule has 0 aliphatic rings. The van der Waals surface area contributed by atoms with Crippen molar-refractivity contribution < 1.29 is 17.9 Å². The van der Waals surface area contributed by atoms with E-state index in [1.807, 2.05) is 24.3 Å². The molecule has 0 unspecified atom stereocenters. The summed E-state index contributed by atoms with van der Waals surface area (Å²) in [5.41, 5.74) is 2.24. The maximum absolute atomic E-state index is 13.2. The Morgan fingerprint density at radius 1 is 0.926 bits per heavy atom. The topological polar surface area (TPSA) is 64.6 Å². The highest BCUT2D eigenvalue weighted by molar-refractivity contribution is 7.89. The van der Waals surface area contributed by atoms with Crippen LogP contribution < -0.4 is 14.2 Å². The van der Waals surface area contributed by atoms with E-state index in [1.54, 1.807) is 40.2 Å². The second-order valence-electron chi connectivity index (χ2n) is 7.17. The van der Waals surface area contributed by atoms with Gasteiger partial charge in [0.1, 0.15) is 11.5 Å². The monoisotopic (exact) mass is 391 g/mol. The average Bonchev–Trinajstić information content (AvgIpc) is 2.59. The zero-order chi connectivity index (χ0) is 20.2. The van der Waals surface area contributed by atoms with E-state index in [4.69, 9.17) is 9.47 Å². The third-order valence-corrected chi connectivity index (χ3v) is 6.24. The predicted octanol–water partition coefficient (Wildman–Crippen LogP) is 4.39. The minimum Gasteiger partial charge on any atom is -0.497 e. The molecular weight excluding hydrogens is 362 g/mol. The van der Waals surface area contributed by atoms with Gasteiger partial charge in [-0.1, -0.05) is 26.0 Å². The highest BCUT2D eigenvalue weighted by Crippen LogP contribution is 2.29. The fraction of sp³-hybridized carbons (Fsp3) is 0.429. The van der Waals surface area contributed by atoms with Crippen molar-refractivity contribution in [2.24, 2.45) is 5.92 Å². The third-order valence-electron chi connectivity index (χ3n) is 4.46. The molecule has 1 atom stereocenters. The normalized spacial score (nSPS) is 12.9. The lowest BCUT2D eigenvalue weighted by Gasteiger charge is -2.23. The van der Waals surface area contributed by atoms with Crippen LogP contribution in [-0.2, 0) is 10.0 Å². The van der Waals surface area contributed by atoms with Crippen molar-refractivity contribution >= 4 is 10.0 Å². The van der Waals surface area contributed by atoms with E-state index in [1.165, 1.54) is 0 Å². The van der Waals surface area contributed by atoms with E-state index < -0.39 is 10.0 Å². The van der Waals surface area contributed by atoms with E-state index in [9.17, 15) is 8.42 Å². The molecule has 0 saturated heterocycles. The standard InChI is InChI=1S/C21H29NO4S/c1-14(2)11-20(17-7-9-18(25-5)10-8-17)22-27(23,24)21-15(3)12-19(26-6)13-16(21)4/h7-10,12-14,20,22H,11H2,1-6H3/t20-/m0/s1. The second-order valence-corrected chi connectivity index (χ2v) is 8.82. The summed E-state index contributed by atoms with van der Waals surface area (Å²) in [5.74, 6) is 1.72. The molecule has 6 heteroatoms. The molecular formula is C21H29NO4S. The molecule has 148 valence electrons. The Kier molecular flexibility index (Phi) is 6.89. The molecule has 0 radical (unpaired) electrons. The Bertz CT molecular complexity index is 851. The van der Waals surface area contributed by atoms with Gasteiger partial charge in [-0.15, -0.1) is 0 Å². The van der Waals surface area contributed by atoms with E-state index in [0.29, 0.717) is 34.1 Å². The van der Waals surface area contributed by atoms with Gasteiger partial charge in [-0.2, -0.15) is 0 Å². The molecule has 0 fully saturated rings. The molecule has 2 aromatic carbocycles. The van der Waals surface area contributed by atoms with Gasteiger partial charge in [0, 0.05) is 6.04 Å². The minimum absolute atomic E-state index is 0.311. The lowest BCUT2D eigenvalue weighted by Crippen LogP contribution is -2.30. The van der Waals surface area contributed by atoms with Crippen LogP contribution in [0.5, 0.6) is 11.5 Å². The Morgan fingerprint density at radius 3 is 1.89 bits per heavy atom. The molecule has 2 aromatic rings. The first-order valence-corrected chi connectivity index (χ1v) is 10.5. The van der Waals surface area contributed by atoms with Gasteiger partial charge in [0.15, 0.2) is 0 Å². The third kappa shape index (κ3) is 5.23. The van der Waals surface area contributed by atoms with E-state index in [-0.39, 0.29) is 6.04 Å². The maximum Gasteiger partial charge on any atom is 0.241 e. The molecule has 5 nitrogen and oxygen atoms in total. The lowest BCUT2D eigenvalue weighted by molar-refractivity contribution is 0.413. The minimum atomic E-state index is -3.69. The van der Waals surface area contributed by atoms with Gasteiger partial charge in [0.05, 0.1) is 19.1 Å². The summed E-state index contributed by atoms with van der Waals surface area (Å²) in [6.07, 6.45) is 0.694. The Morgan fingerprint density at radius 2 is 1.44 bits per heavy atom. The summed E-state index contributed by atoms with van der Waals surface area (Å²) in [5, 5.41) is 0. The first kappa shape index (κ1) is 21.3. The molecule has 0 saturated carbocycles. The van der Waals surface area contributed by atoms with Crippen LogP contribution in [0.4, 0.5) is 0 Å². The van der Waals surface area contributed by atoms with Crippen molar-refractivity contribution in [3.63, 3.8) is 0 Å². The fourth-order valence-electron chi connectivity index (χ4n) is 3.26. The highest BCUT2D eigenvalue weighted by atomic mass is 32.2. The lowest BCUT2D eigenvalue weighted by atomic mass is 9.98. The van der Waals surface area contributed by atoms with Crippen molar-refractivity contribution in [3.8, 4) is 11.5 Å². The van der Waals surface area contributed by atoms with Gasteiger partial charge >= 0.3 is 0 Å². The summed E-state index contributed by atoms with van der Waals surface area (Å²) < 4.78 is 39.7. The number of hydrogen-bond acceptors (Lipinski definition) is 4. The number of rotatable bonds is 8. The smallest absolute Gasteiger partial charge is 0.241 e.